The molecule has 3 aromatic rings. The molecule has 0 fully saturated rings. The molecule has 172 valence electrons. The average molecular weight is 463 g/mol. The number of furan rings is 1. The van der Waals surface area contributed by atoms with Gasteiger partial charge in [0.05, 0.1) is 23.1 Å². The standard InChI is InChI=1S/C22H17F4N3O4/c23-16-5-2-1-4-14(16)20(31)28-13-7-8-17(15(12-13)22(24,25)26)29-19(30)9-10-27-21(32)18-6-3-11-33-18/h1-8,11-12H,9-10H2,(H,27,32)(H,28,31)(H,29,30). The van der Waals surface area contributed by atoms with E-state index in [0.717, 1.165) is 18.2 Å². The van der Waals surface area contributed by atoms with E-state index in [1.54, 1.807) is 0 Å². The van der Waals surface area contributed by atoms with Gasteiger partial charge in [-0.25, -0.2) is 4.39 Å². The van der Waals surface area contributed by atoms with Crippen LogP contribution in [0.4, 0.5) is 28.9 Å². The van der Waals surface area contributed by atoms with Crippen molar-refractivity contribution in [3.05, 3.63) is 83.6 Å². The van der Waals surface area contributed by atoms with Crippen LogP contribution in [0, 0.1) is 5.82 Å². The number of carbonyl (C=O) groups excluding carboxylic acids is 3. The minimum atomic E-state index is -4.85. The predicted molar refractivity (Wildman–Crippen MR) is 110 cm³/mol. The summed E-state index contributed by atoms with van der Waals surface area (Å²) >= 11 is 0. The molecule has 1 heterocycles. The number of benzene rings is 2. The lowest BCUT2D eigenvalue weighted by atomic mass is 10.1. The Hall–Kier alpha value is -4.15. The monoisotopic (exact) mass is 463 g/mol. The number of alkyl halides is 3. The lowest BCUT2D eigenvalue weighted by Crippen LogP contribution is -2.27. The molecule has 0 saturated heterocycles. The number of hydrogen-bond donors (Lipinski definition) is 3. The van der Waals surface area contributed by atoms with E-state index < -0.39 is 41.0 Å². The molecule has 0 spiro atoms. The van der Waals surface area contributed by atoms with Gasteiger partial charge in [0.1, 0.15) is 5.82 Å². The van der Waals surface area contributed by atoms with Gasteiger partial charge < -0.3 is 20.4 Å². The van der Waals surface area contributed by atoms with Crippen molar-refractivity contribution in [2.45, 2.75) is 12.6 Å². The highest BCUT2D eigenvalue weighted by Crippen LogP contribution is 2.36. The van der Waals surface area contributed by atoms with Gasteiger partial charge in [-0.1, -0.05) is 12.1 Å². The highest BCUT2D eigenvalue weighted by atomic mass is 19.4. The summed E-state index contributed by atoms with van der Waals surface area (Å²) in [5, 5.41) is 6.75. The van der Waals surface area contributed by atoms with Gasteiger partial charge in [0.25, 0.3) is 11.8 Å². The van der Waals surface area contributed by atoms with Crippen molar-refractivity contribution in [1.29, 1.82) is 0 Å². The fourth-order valence-corrected chi connectivity index (χ4v) is 2.81. The number of carbonyl (C=O) groups is 3. The van der Waals surface area contributed by atoms with Gasteiger partial charge in [-0.2, -0.15) is 13.2 Å². The van der Waals surface area contributed by atoms with Crippen LogP contribution in [-0.2, 0) is 11.0 Å². The largest absolute Gasteiger partial charge is 0.459 e. The molecule has 3 amide bonds. The molecule has 0 atom stereocenters. The van der Waals surface area contributed by atoms with E-state index in [9.17, 15) is 31.9 Å². The summed E-state index contributed by atoms with van der Waals surface area (Å²) in [6.45, 7) is -0.135. The molecule has 3 N–H and O–H groups in total. The van der Waals surface area contributed by atoms with Crippen LogP contribution in [0.1, 0.15) is 32.9 Å². The summed E-state index contributed by atoms with van der Waals surface area (Å²) in [5.41, 5.74) is -2.31. The maximum Gasteiger partial charge on any atom is 0.418 e. The Kier molecular flexibility index (Phi) is 7.11. The Balaban J connectivity index is 1.66. The Morgan fingerprint density at radius 2 is 1.67 bits per heavy atom. The lowest BCUT2D eigenvalue weighted by molar-refractivity contribution is -0.136. The van der Waals surface area contributed by atoms with Crippen molar-refractivity contribution in [3.63, 3.8) is 0 Å². The number of halogens is 4. The van der Waals surface area contributed by atoms with Gasteiger partial charge >= 0.3 is 6.18 Å². The van der Waals surface area contributed by atoms with Crippen molar-refractivity contribution < 1.29 is 36.4 Å². The molecule has 0 bridgehead atoms. The molecule has 0 radical (unpaired) electrons. The third-order valence-electron chi connectivity index (χ3n) is 4.36. The van der Waals surface area contributed by atoms with Gasteiger partial charge in [0.15, 0.2) is 5.76 Å². The normalized spacial score (nSPS) is 11.0. The van der Waals surface area contributed by atoms with Crippen LogP contribution in [0.25, 0.3) is 0 Å². The van der Waals surface area contributed by atoms with E-state index >= 15 is 0 Å². The van der Waals surface area contributed by atoms with Crippen LogP contribution >= 0.6 is 0 Å². The third kappa shape index (κ3) is 6.19. The first-order valence-corrected chi connectivity index (χ1v) is 9.54. The van der Waals surface area contributed by atoms with E-state index in [1.165, 1.54) is 36.6 Å². The number of amides is 3. The first kappa shape index (κ1) is 23.5. The summed E-state index contributed by atoms with van der Waals surface area (Å²) in [6.07, 6.45) is -3.85. The molecule has 0 aliphatic rings. The smallest absolute Gasteiger partial charge is 0.418 e. The van der Waals surface area contributed by atoms with E-state index in [2.05, 4.69) is 16.0 Å². The quantitative estimate of drug-likeness (QED) is 0.451. The van der Waals surface area contributed by atoms with Crippen molar-refractivity contribution in [1.82, 2.24) is 5.32 Å². The predicted octanol–water partition coefficient (Wildman–Crippen LogP) is 4.45. The zero-order chi connectivity index (χ0) is 24.0. The highest BCUT2D eigenvalue weighted by molar-refractivity contribution is 6.04. The van der Waals surface area contributed by atoms with E-state index in [0.29, 0.717) is 6.07 Å². The van der Waals surface area contributed by atoms with Crippen molar-refractivity contribution >= 4 is 29.1 Å². The summed E-state index contributed by atoms with van der Waals surface area (Å²) in [4.78, 5) is 36.0. The second-order valence-corrected chi connectivity index (χ2v) is 6.72. The topological polar surface area (TPSA) is 100 Å². The molecule has 11 heteroatoms. The van der Waals surface area contributed by atoms with Crippen LogP contribution < -0.4 is 16.0 Å². The molecule has 2 aromatic carbocycles. The highest BCUT2D eigenvalue weighted by Gasteiger charge is 2.34. The minimum Gasteiger partial charge on any atom is -0.459 e. The second-order valence-electron chi connectivity index (χ2n) is 6.72. The molecule has 1 aromatic heterocycles. The molecular formula is C22H17F4N3O4. The molecule has 0 aliphatic heterocycles. The number of rotatable bonds is 7. The first-order valence-electron chi connectivity index (χ1n) is 9.54. The Morgan fingerprint density at radius 3 is 2.33 bits per heavy atom. The summed E-state index contributed by atoms with van der Waals surface area (Å²) in [6, 6.07) is 10.7. The minimum absolute atomic E-state index is 0.0304. The summed E-state index contributed by atoms with van der Waals surface area (Å²) in [5.74, 6) is -3.07. The van der Waals surface area contributed by atoms with Gasteiger partial charge in [0, 0.05) is 18.7 Å². The molecule has 0 aliphatic carbocycles. The Bertz CT molecular complexity index is 1160. The second kappa shape index (κ2) is 9.98. The van der Waals surface area contributed by atoms with Crippen molar-refractivity contribution in [2.75, 3.05) is 17.2 Å². The molecule has 0 saturated carbocycles. The lowest BCUT2D eigenvalue weighted by Gasteiger charge is -2.16. The van der Waals surface area contributed by atoms with Crippen LogP contribution in [0.15, 0.2) is 65.3 Å². The van der Waals surface area contributed by atoms with Crippen LogP contribution in [-0.4, -0.2) is 24.3 Å². The summed E-state index contributed by atoms with van der Waals surface area (Å²) < 4.78 is 59.2. The average Bonchev–Trinajstić information content (AvgIpc) is 3.29. The van der Waals surface area contributed by atoms with Crippen LogP contribution in [0.3, 0.4) is 0 Å². The maximum absolute atomic E-state index is 13.7. The van der Waals surface area contributed by atoms with Gasteiger partial charge in [-0.3, -0.25) is 14.4 Å². The Morgan fingerprint density at radius 1 is 0.909 bits per heavy atom. The number of anilines is 2. The summed E-state index contributed by atoms with van der Waals surface area (Å²) in [7, 11) is 0. The van der Waals surface area contributed by atoms with Crippen molar-refractivity contribution in [3.8, 4) is 0 Å². The maximum atomic E-state index is 13.7. The van der Waals surface area contributed by atoms with Gasteiger partial charge in [-0.05, 0) is 42.5 Å². The SMILES string of the molecule is O=C(CCNC(=O)c1ccco1)Nc1ccc(NC(=O)c2ccccc2F)cc1C(F)(F)F. The van der Waals surface area contributed by atoms with Gasteiger partial charge in [-0.15, -0.1) is 0 Å². The van der Waals surface area contributed by atoms with Gasteiger partial charge in [0.2, 0.25) is 5.91 Å². The molecule has 7 nitrogen and oxygen atoms in total. The van der Waals surface area contributed by atoms with Crippen LogP contribution in [0.2, 0.25) is 0 Å². The third-order valence-corrected chi connectivity index (χ3v) is 4.36. The molecule has 33 heavy (non-hydrogen) atoms. The molecular weight excluding hydrogens is 446 g/mol. The Labute approximate surface area is 184 Å². The fourth-order valence-electron chi connectivity index (χ4n) is 2.81. The zero-order valence-corrected chi connectivity index (χ0v) is 16.8. The fraction of sp³-hybridized carbons (Fsp3) is 0.136. The van der Waals surface area contributed by atoms with Crippen LogP contribution in [0.5, 0.6) is 0 Å². The van der Waals surface area contributed by atoms with E-state index in [1.807, 2.05) is 0 Å². The zero-order valence-electron chi connectivity index (χ0n) is 16.8. The molecule has 0 unspecified atom stereocenters. The first-order chi connectivity index (χ1) is 15.6. The van der Waals surface area contributed by atoms with E-state index in [4.69, 9.17) is 4.42 Å². The number of nitrogens with one attached hydrogen (secondary N) is 3. The number of hydrogen-bond acceptors (Lipinski definition) is 4. The van der Waals surface area contributed by atoms with E-state index in [-0.39, 0.29) is 30.0 Å². The van der Waals surface area contributed by atoms with Crippen molar-refractivity contribution in [2.24, 2.45) is 0 Å². The molecule has 3 rings (SSSR count).